The van der Waals surface area contributed by atoms with Gasteiger partial charge in [-0.3, -0.25) is 0 Å². The summed E-state index contributed by atoms with van der Waals surface area (Å²) in [5.41, 5.74) is 16.5. The third kappa shape index (κ3) is 5.63. The second-order valence-electron chi connectivity index (χ2n) is 13.2. The molecular formula is C48H32S3. The van der Waals surface area contributed by atoms with E-state index in [2.05, 4.69) is 168 Å². The van der Waals surface area contributed by atoms with Crippen LogP contribution in [0.1, 0.15) is 5.56 Å². The Morgan fingerprint density at radius 1 is 0.353 bits per heavy atom. The standard InChI is InChI=1S/C48H32S3/c1-4-37-22-25-49-46(37)43(7-1)34-16-10-31(11-17-34)40-28-41(32-12-18-35(19-13-32)44-8-2-5-38-23-26-50-47(38)44)30-42(29-40)33-14-20-36(21-15-33)45-9-3-6-39-24-27-51-48(39)45/h1-23,25-26,28-30H,24,27H2. The topological polar surface area (TPSA) is 0 Å². The van der Waals surface area contributed by atoms with Crippen LogP contribution in [0, 0.1) is 0 Å². The Kier molecular flexibility index (Phi) is 7.71. The minimum atomic E-state index is 1.16. The van der Waals surface area contributed by atoms with Crippen LogP contribution in [0.15, 0.2) is 173 Å². The molecule has 1 aliphatic heterocycles. The monoisotopic (exact) mass is 704 g/mol. The Morgan fingerprint density at radius 3 is 1.25 bits per heavy atom. The van der Waals surface area contributed by atoms with Crippen LogP contribution in [0.5, 0.6) is 0 Å². The van der Waals surface area contributed by atoms with E-state index in [1.54, 1.807) is 0 Å². The maximum Gasteiger partial charge on any atom is 0.0421 e. The van der Waals surface area contributed by atoms with Gasteiger partial charge in [-0.25, -0.2) is 0 Å². The highest BCUT2D eigenvalue weighted by atomic mass is 32.2. The Hall–Kier alpha value is -5.19. The highest BCUT2D eigenvalue weighted by Gasteiger charge is 2.17. The molecule has 7 aromatic carbocycles. The second kappa shape index (κ2) is 12.9. The molecule has 3 heteroatoms. The molecule has 0 fully saturated rings. The van der Waals surface area contributed by atoms with Gasteiger partial charge in [0.1, 0.15) is 0 Å². The first kappa shape index (κ1) is 30.6. The van der Waals surface area contributed by atoms with Gasteiger partial charge in [0, 0.05) is 20.0 Å². The fourth-order valence-electron chi connectivity index (χ4n) is 7.54. The average Bonchev–Trinajstić information content (AvgIpc) is 3.99. The molecule has 9 aromatic rings. The summed E-state index contributed by atoms with van der Waals surface area (Å²) in [7, 11) is 0. The van der Waals surface area contributed by atoms with Gasteiger partial charge in [-0.1, -0.05) is 127 Å². The molecule has 0 bridgehead atoms. The number of hydrogen-bond acceptors (Lipinski definition) is 3. The van der Waals surface area contributed by atoms with Crippen molar-refractivity contribution in [2.75, 3.05) is 5.75 Å². The maximum atomic E-state index is 2.36. The Labute approximate surface area is 310 Å². The summed E-state index contributed by atoms with van der Waals surface area (Å²) < 4.78 is 2.69. The van der Waals surface area contributed by atoms with E-state index < -0.39 is 0 Å². The van der Waals surface area contributed by atoms with Crippen LogP contribution in [0.4, 0.5) is 0 Å². The molecule has 0 aliphatic carbocycles. The van der Waals surface area contributed by atoms with Crippen LogP contribution >= 0.6 is 34.4 Å². The van der Waals surface area contributed by atoms with Crippen LogP contribution in [-0.4, -0.2) is 5.75 Å². The molecule has 3 heterocycles. The number of thiophene rings is 2. The van der Waals surface area contributed by atoms with Gasteiger partial charge in [0.2, 0.25) is 0 Å². The number of fused-ring (bicyclic) bond motifs is 3. The molecule has 0 nitrogen and oxygen atoms in total. The summed E-state index contributed by atoms with van der Waals surface area (Å²) >= 11 is 5.62. The summed E-state index contributed by atoms with van der Waals surface area (Å²) in [5.74, 6) is 1.18. The lowest BCUT2D eigenvalue weighted by Gasteiger charge is -2.14. The predicted molar refractivity (Wildman–Crippen MR) is 224 cm³/mol. The Morgan fingerprint density at radius 2 is 0.765 bits per heavy atom. The molecule has 0 atom stereocenters. The highest BCUT2D eigenvalue weighted by Crippen LogP contribution is 2.41. The molecule has 0 saturated heterocycles. The molecule has 0 amide bonds. The summed E-state index contributed by atoms with van der Waals surface area (Å²) in [4.78, 5) is 1.45. The average molecular weight is 705 g/mol. The molecular weight excluding hydrogens is 673 g/mol. The minimum absolute atomic E-state index is 1.16. The number of hydrogen-bond donors (Lipinski definition) is 0. The van der Waals surface area contributed by atoms with Crippen molar-refractivity contribution in [2.45, 2.75) is 11.3 Å². The quantitative estimate of drug-likeness (QED) is 0.166. The number of benzene rings is 7. The van der Waals surface area contributed by atoms with Gasteiger partial charge in [-0.15, -0.1) is 34.4 Å². The van der Waals surface area contributed by atoms with Crippen LogP contribution in [0.3, 0.4) is 0 Å². The van der Waals surface area contributed by atoms with Crippen molar-refractivity contribution in [2.24, 2.45) is 0 Å². The lowest BCUT2D eigenvalue weighted by molar-refractivity contribution is 1.15. The van der Waals surface area contributed by atoms with Crippen molar-refractivity contribution in [3.8, 4) is 66.8 Å². The van der Waals surface area contributed by atoms with Gasteiger partial charge in [0.05, 0.1) is 0 Å². The van der Waals surface area contributed by atoms with Gasteiger partial charge < -0.3 is 0 Å². The first-order valence-electron chi connectivity index (χ1n) is 17.4. The summed E-state index contributed by atoms with van der Waals surface area (Å²) in [6.07, 6.45) is 1.16. The van der Waals surface area contributed by atoms with Gasteiger partial charge in [-0.2, -0.15) is 0 Å². The van der Waals surface area contributed by atoms with E-state index in [1.807, 2.05) is 34.4 Å². The largest absolute Gasteiger partial charge is 0.143 e. The SMILES string of the molecule is c1cc2c(c(-c3ccc(-c4cc(-c5ccc(-c6cccc7ccsc67)cc5)cc(-c5ccc(-c6cccc7ccsc67)cc5)c4)cc3)c1)SCC2. The number of aryl methyl sites for hydroxylation is 1. The molecule has 0 spiro atoms. The zero-order valence-corrected chi connectivity index (χ0v) is 30.3. The lowest BCUT2D eigenvalue weighted by Crippen LogP contribution is -1.88. The van der Waals surface area contributed by atoms with E-state index in [1.165, 1.54) is 103 Å². The molecule has 0 unspecified atom stereocenters. The molecule has 1 aliphatic rings. The fraction of sp³-hybridized carbons (Fsp3) is 0.0417. The second-order valence-corrected chi connectivity index (χ2v) is 16.1. The van der Waals surface area contributed by atoms with Gasteiger partial charge >= 0.3 is 0 Å². The summed E-state index contributed by atoms with van der Waals surface area (Å²) in [5, 5.41) is 6.97. The smallest absolute Gasteiger partial charge is 0.0421 e. The summed E-state index contributed by atoms with van der Waals surface area (Å²) in [6, 6.07) is 58.9. The molecule has 51 heavy (non-hydrogen) atoms. The maximum absolute atomic E-state index is 2.36. The third-order valence-electron chi connectivity index (χ3n) is 10.2. The fourth-order valence-corrected chi connectivity index (χ4v) is 10.6. The Balaban J connectivity index is 1.05. The minimum Gasteiger partial charge on any atom is -0.143 e. The zero-order valence-electron chi connectivity index (χ0n) is 27.8. The van der Waals surface area contributed by atoms with E-state index >= 15 is 0 Å². The van der Waals surface area contributed by atoms with Crippen molar-refractivity contribution in [3.05, 3.63) is 174 Å². The molecule has 0 N–H and O–H groups in total. The predicted octanol–water partition coefficient (Wildman–Crippen LogP) is 14.8. The third-order valence-corrected chi connectivity index (χ3v) is 13.3. The van der Waals surface area contributed by atoms with Crippen molar-refractivity contribution in [3.63, 3.8) is 0 Å². The van der Waals surface area contributed by atoms with Crippen molar-refractivity contribution in [1.82, 2.24) is 0 Å². The normalized spacial score (nSPS) is 12.5. The van der Waals surface area contributed by atoms with Crippen LogP contribution in [0.2, 0.25) is 0 Å². The van der Waals surface area contributed by atoms with Gasteiger partial charge in [0.15, 0.2) is 0 Å². The lowest BCUT2D eigenvalue weighted by atomic mass is 9.91. The molecule has 0 radical (unpaired) electrons. The van der Waals surface area contributed by atoms with Crippen molar-refractivity contribution >= 4 is 54.6 Å². The van der Waals surface area contributed by atoms with Crippen LogP contribution in [0.25, 0.3) is 86.9 Å². The van der Waals surface area contributed by atoms with Crippen molar-refractivity contribution < 1.29 is 0 Å². The van der Waals surface area contributed by atoms with E-state index in [-0.39, 0.29) is 0 Å². The van der Waals surface area contributed by atoms with E-state index in [0.717, 1.165) is 6.42 Å². The van der Waals surface area contributed by atoms with Crippen molar-refractivity contribution in [1.29, 1.82) is 0 Å². The Bertz CT molecular complexity index is 2560. The summed E-state index contributed by atoms with van der Waals surface area (Å²) in [6.45, 7) is 0. The first-order chi connectivity index (χ1) is 25.2. The molecule has 242 valence electrons. The van der Waals surface area contributed by atoms with Crippen LogP contribution < -0.4 is 0 Å². The number of rotatable bonds is 6. The van der Waals surface area contributed by atoms with Gasteiger partial charge in [0.25, 0.3) is 0 Å². The van der Waals surface area contributed by atoms with E-state index in [0.29, 0.717) is 0 Å². The van der Waals surface area contributed by atoms with E-state index in [4.69, 9.17) is 0 Å². The number of thioether (sulfide) groups is 1. The zero-order chi connectivity index (χ0) is 33.7. The molecule has 10 rings (SSSR count). The van der Waals surface area contributed by atoms with E-state index in [9.17, 15) is 0 Å². The first-order valence-corrected chi connectivity index (χ1v) is 20.1. The van der Waals surface area contributed by atoms with Gasteiger partial charge in [-0.05, 0) is 131 Å². The molecule has 0 saturated carbocycles. The molecule has 2 aromatic heterocycles. The highest BCUT2D eigenvalue weighted by molar-refractivity contribution is 7.99. The van der Waals surface area contributed by atoms with Crippen LogP contribution in [-0.2, 0) is 6.42 Å².